The first kappa shape index (κ1) is 46.5. The van der Waals surface area contributed by atoms with Crippen molar-refractivity contribution in [1.82, 2.24) is 20.4 Å². The predicted molar refractivity (Wildman–Crippen MR) is 227 cm³/mol. The molecule has 4 aliphatic rings. The molecule has 4 heterocycles. The van der Waals surface area contributed by atoms with Gasteiger partial charge in [0.2, 0.25) is 23.6 Å². The minimum atomic E-state index is -3.75. The van der Waals surface area contributed by atoms with E-state index in [0.29, 0.717) is 21.3 Å². The first-order valence-corrected chi connectivity index (χ1v) is 23.4. The fraction of sp³-hybridized carbons (Fsp3) is 0.220. The van der Waals surface area contributed by atoms with Gasteiger partial charge in [-0.2, -0.15) is 0 Å². The zero-order valence-electron chi connectivity index (χ0n) is 32.9. The van der Waals surface area contributed by atoms with E-state index in [9.17, 15) is 55.2 Å². The number of fused-ring (bicyclic) bond motifs is 2. The first-order chi connectivity index (χ1) is 29.5. The van der Waals surface area contributed by atoms with Crippen LogP contribution in [0.3, 0.4) is 0 Å². The van der Waals surface area contributed by atoms with E-state index in [1.165, 1.54) is 60.7 Å². The first-order valence-electron chi connectivity index (χ1n) is 18.6. The highest BCUT2D eigenvalue weighted by atomic mass is 35.7. The number of carbonyl (C=O) groups is 8. The van der Waals surface area contributed by atoms with Crippen molar-refractivity contribution in [2.75, 3.05) is 5.73 Å². The summed E-state index contributed by atoms with van der Waals surface area (Å²) >= 11 is 11.7. The highest BCUT2D eigenvalue weighted by molar-refractivity contribution is 8.13. The summed E-state index contributed by atoms with van der Waals surface area (Å²) in [6.07, 6.45) is 0.315. The lowest BCUT2D eigenvalue weighted by Gasteiger charge is -2.27. The van der Waals surface area contributed by atoms with Crippen molar-refractivity contribution in [3.05, 3.63) is 122 Å². The van der Waals surface area contributed by atoms with E-state index in [-0.39, 0.29) is 63.5 Å². The molecule has 2 unspecified atom stereocenters. The van der Waals surface area contributed by atoms with E-state index in [2.05, 4.69) is 10.6 Å². The molecular weight excluding hydrogens is 925 g/mol. The van der Waals surface area contributed by atoms with Gasteiger partial charge < -0.3 is 5.73 Å². The number of hydrogen-bond acceptors (Lipinski definition) is 13. The highest BCUT2D eigenvalue weighted by Crippen LogP contribution is 2.31. The second kappa shape index (κ2) is 18.0. The molecule has 2 fully saturated rings. The van der Waals surface area contributed by atoms with Crippen molar-refractivity contribution < 1.29 is 55.2 Å². The number of nitrogens with one attached hydrogen (secondary N) is 2. The Bertz CT molecular complexity index is 2920. The van der Waals surface area contributed by atoms with Gasteiger partial charge >= 0.3 is 0 Å². The van der Waals surface area contributed by atoms with Crippen molar-refractivity contribution in [2.24, 2.45) is 0 Å². The SMILES string of the molecule is Cc1ccc(S(=O)(=O)Cc2ccc3c(c2)C(=O)N(C2CCC(=O)NC2=O)C3=O)cc1Cl.Cc1ccc(S(=O)(=O)Cl)cc1Cl.Nc1ccc2c(c1)C(=O)N(C1CCC(=O)NC1=O)C2=O. The lowest BCUT2D eigenvalue weighted by molar-refractivity contribution is -0.137. The van der Waals surface area contributed by atoms with Crippen LogP contribution in [0.25, 0.3) is 0 Å². The van der Waals surface area contributed by atoms with E-state index in [1.54, 1.807) is 26.0 Å². The van der Waals surface area contributed by atoms with Gasteiger partial charge in [-0.1, -0.05) is 41.4 Å². The van der Waals surface area contributed by atoms with Crippen molar-refractivity contribution in [1.29, 1.82) is 0 Å². The number of anilines is 1. The Balaban J connectivity index is 0.000000176. The van der Waals surface area contributed by atoms with Crippen molar-refractivity contribution in [3.63, 3.8) is 0 Å². The Morgan fingerprint density at radius 3 is 1.48 bits per heavy atom. The van der Waals surface area contributed by atoms with Crippen LogP contribution in [0.5, 0.6) is 0 Å². The molecule has 0 bridgehead atoms. The number of nitrogens with zero attached hydrogens (tertiary/aromatic N) is 2. The van der Waals surface area contributed by atoms with E-state index < -0.39 is 78.2 Å². The number of amides is 8. The Kier molecular flexibility index (Phi) is 13.3. The maximum absolute atomic E-state index is 12.9. The fourth-order valence-electron chi connectivity index (χ4n) is 6.89. The van der Waals surface area contributed by atoms with Crippen molar-refractivity contribution >= 4 is 106 Å². The van der Waals surface area contributed by atoms with Crippen LogP contribution in [0, 0.1) is 13.8 Å². The van der Waals surface area contributed by atoms with Gasteiger partial charge in [-0.05, 0) is 98.0 Å². The molecule has 63 heavy (non-hydrogen) atoms. The van der Waals surface area contributed by atoms with E-state index in [0.717, 1.165) is 20.9 Å². The van der Waals surface area contributed by atoms with Crippen LogP contribution in [0.4, 0.5) is 5.69 Å². The van der Waals surface area contributed by atoms with Crippen LogP contribution >= 0.6 is 33.9 Å². The van der Waals surface area contributed by atoms with Crippen LogP contribution in [0.15, 0.2) is 82.6 Å². The molecule has 2 saturated heterocycles. The number of aryl methyl sites for hydroxylation is 2. The number of nitrogen functional groups attached to an aromatic ring is 1. The average Bonchev–Trinajstić information content (AvgIpc) is 3.59. The van der Waals surface area contributed by atoms with Gasteiger partial charge in [-0.25, -0.2) is 16.8 Å². The molecule has 4 aromatic carbocycles. The molecule has 22 heteroatoms. The number of nitrogens with two attached hydrogens (primary N) is 1. The third-order valence-corrected chi connectivity index (χ3v) is 14.1. The number of piperidine rings is 2. The molecule has 2 atom stereocenters. The molecule has 0 aliphatic carbocycles. The molecule has 0 aromatic heterocycles. The Morgan fingerprint density at radius 1 is 0.587 bits per heavy atom. The monoisotopic (exact) mass is 957 g/mol. The largest absolute Gasteiger partial charge is 0.399 e. The summed E-state index contributed by atoms with van der Waals surface area (Å²) < 4.78 is 47.2. The standard InChI is InChI=1S/C21H17ClN2O6S.C13H11N3O4.C7H6Cl2O2S/c1-11-2-4-13(9-16(11)22)31(29,30)10-12-3-5-14-15(8-12)21(28)24(20(14)27)17-6-7-18(25)23-19(17)26;14-6-1-2-7-8(5-6)13(20)16(12(7)19)9-3-4-10(17)15-11(9)18;1-5-2-3-6(4-7(5)8)12(9,10)11/h2-5,8-9,17H,6-7,10H2,1H3,(H,23,25,26);1-2,5,9H,3-4,14H2,(H,15,17,18);2-4H,1H3. The second-order valence-corrected chi connectivity index (χ2v) is 20.0. The molecule has 4 aliphatic heterocycles. The summed E-state index contributed by atoms with van der Waals surface area (Å²) in [5.41, 5.74) is 8.41. The Hall–Kier alpha value is -5.99. The fourth-order valence-corrected chi connectivity index (χ4v) is 9.52. The van der Waals surface area contributed by atoms with E-state index in [1.807, 2.05) is 0 Å². The Morgan fingerprint density at radius 2 is 1.02 bits per heavy atom. The number of rotatable bonds is 6. The molecule has 8 amide bonds. The molecule has 4 N–H and O–H groups in total. The number of imide groups is 4. The molecule has 0 radical (unpaired) electrons. The van der Waals surface area contributed by atoms with E-state index >= 15 is 0 Å². The molecular formula is C41H34Cl3N5O12S2. The minimum absolute atomic E-state index is 0.0203. The summed E-state index contributed by atoms with van der Waals surface area (Å²) in [6.45, 7) is 3.54. The number of carbonyl (C=O) groups excluding carboxylic acids is 8. The van der Waals surface area contributed by atoms with Crippen LogP contribution < -0.4 is 16.4 Å². The quantitative estimate of drug-likeness (QED) is 0.139. The molecule has 0 saturated carbocycles. The van der Waals surface area contributed by atoms with E-state index in [4.69, 9.17) is 39.6 Å². The predicted octanol–water partition coefficient (Wildman–Crippen LogP) is 4.27. The van der Waals surface area contributed by atoms with Gasteiger partial charge in [0.1, 0.15) is 12.1 Å². The van der Waals surface area contributed by atoms with Crippen LogP contribution in [0.2, 0.25) is 10.0 Å². The third-order valence-electron chi connectivity index (χ3n) is 10.3. The van der Waals surface area contributed by atoms with Crippen molar-refractivity contribution in [2.45, 2.75) is 67.2 Å². The molecule has 328 valence electrons. The summed E-state index contributed by atoms with van der Waals surface area (Å²) in [5.74, 6) is -4.98. The van der Waals surface area contributed by atoms with Gasteiger partial charge in [0, 0.05) is 39.3 Å². The van der Waals surface area contributed by atoms with Crippen molar-refractivity contribution in [3.8, 4) is 0 Å². The minimum Gasteiger partial charge on any atom is -0.399 e. The molecule has 0 spiro atoms. The maximum atomic E-state index is 12.9. The normalized spacial score (nSPS) is 18.5. The second-order valence-electron chi connectivity index (χ2n) is 14.6. The number of hydrogen-bond donors (Lipinski definition) is 3. The zero-order chi connectivity index (χ0) is 46.3. The number of benzene rings is 4. The van der Waals surface area contributed by atoms with Gasteiger partial charge in [0.05, 0.1) is 37.8 Å². The third kappa shape index (κ3) is 9.82. The lowest BCUT2D eigenvalue weighted by atomic mass is 10.0. The smallest absolute Gasteiger partial charge is 0.262 e. The summed E-state index contributed by atoms with van der Waals surface area (Å²) in [5, 5.41) is 5.00. The number of sulfone groups is 1. The maximum Gasteiger partial charge on any atom is 0.262 e. The van der Waals surface area contributed by atoms with Crippen LogP contribution in [-0.4, -0.2) is 86.0 Å². The molecule has 17 nitrogen and oxygen atoms in total. The van der Waals surface area contributed by atoms with Gasteiger partial charge in [0.25, 0.3) is 32.7 Å². The topological polar surface area (TPSA) is 261 Å². The van der Waals surface area contributed by atoms with Crippen LogP contribution in [-0.2, 0) is 43.8 Å². The zero-order valence-corrected chi connectivity index (χ0v) is 36.8. The highest BCUT2D eigenvalue weighted by Gasteiger charge is 2.46. The Labute approximate surface area is 374 Å². The van der Waals surface area contributed by atoms with Gasteiger partial charge in [-0.3, -0.25) is 58.8 Å². The summed E-state index contributed by atoms with van der Waals surface area (Å²) in [6, 6.07) is 15.4. The van der Waals surface area contributed by atoms with Crippen LogP contribution in [0.1, 0.15) is 83.8 Å². The summed E-state index contributed by atoms with van der Waals surface area (Å²) in [4.78, 5) is 98.4. The number of halogens is 3. The average molecular weight is 959 g/mol. The van der Waals surface area contributed by atoms with Gasteiger partial charge in [-0.15, -0.1) is 0 Å². The molecule has 8 rings (SSSR count). The lowest BCUT2D eigenvalue weighted by Crippen LogP contribution is -2.54. The van der Waals surface area contributed by atoms with Gasteiger partial charge in [0.15, 0.2) is 9.84 Å². The molecule has 4 aromatic rings. The summed E-state index contributed by atoms with van der Waals surface area (Å²) in [7, 11) is -2.30.